The van der Waals surface area contributed by atoms with Crippen molar-refractivity contribution >= 4 is 11.9 Å². The number of carbonyl (C=O) groups excluding carboxylic acids is 2. The Kier molecular flexibility index (Phi) is 9.71. The lowest BCUT2D eigenvalue weighted by atomic mass is 9.85. The smallest absolute Gasteiger partial charge is 0.339 e. The maximum absolute atomic E-state index is 12.7. The molecule has 1 aromatic carbocycles. The van der Waals surface area contributed by atoms with Crippen LogP contribution in [0.4, 0.5) is 0 Å². The summed E-state index contributed by atoms with van der Waals surface area (Å²) in [7, 11) is 0. The molecule has 0 bridgehead atoms. The zero-order valence-corrected chi connectivity index (χ0v) is 18.8. The van der Waals surface area contributed by atoms with Crippen LogP contribution in [0.5, 0.6) is 0 Å². The van der Waals surface area contributed by atoms with Crippen LogP contribution in [0.3, 0.4) is 0 Å². The molecule has 0 aliphatic carbocycles. The molecule has 158 valence electrons. The SMILES string of the molecule is CC(C)CCCOC(=O)c1ccc(C(C)(C)C)cc1C(=O)OCCCC(C)C. The van der Waals surface area contributed by atoms with Crippen molar-refractivity contribution in [1.29, 1.82) is 0 Å². The van der Waals surface area contributed by atoms with Crippen LogP contribution in [0.1, 0.15) is 100 Å². The highest BCUT2D eigenvalue weighted by Crippen LogP contribution is 2.26. The van der Waals surface area contributed by atoms with E-state index in [1.165, 1.54) is 0 Å². The summed E-state index contributed by atoms with van der Waals surface area (Å²) in [4.78, 5) is 25.2. The normalized spacial score (nSPS) is 11.8. The molecule has 0 saturated heterocycles. The standard InChI is InChI=1S/C24H38O4/c1-17(2)10-8-14-27-22(25)20-13-12-19(24(5,6)7)16-21(20)23(26)28-15-9-11-18(3)4/h12-13,16-18H,8-11,14-15H2,1-7H3. The summed E-state index contributed by atoms with van der Waals surface area (Å²) in [6, 6.07) is 5.35. The number of ether oxygens (including phenoxy) is 2. The monoisotopic (exact) mass is 390 g/mol. The maximum Gasteiger partial charge on any atom is 0.339 e. The van der Waals surface area contributed by atoms with Gasteiger partial charge >= 0.3 is 11.9 Å². The molecule has 0 heterocycles. The zero-order valence-electron chi connectivity index (χ0n) is 18.8. The minimum absolute atomic E-state index is 0.133. The van der Waals surface area contributed by atoms with Gasteiger partial charge < -0.3 is 9.47 Å². The number of benzene rings is 1. The first-order valence-electron chi connectivity index (χ1n) is 10.5. The van der Waals surface area contributed by atoms with Crippen LogP contribution in [0, 0.1) is 11.8 Å². The number of hydrogen-bond acceptors (Lipinski definition) is 4. The summed E-state index contributed by atoms with van der Waals surface area (Å²) in [5.41, 5.74) is 1.43. The molecule has 0 radical (unpaired) electrons. The number of esters is 2. The molecule has 28 heavy (non-hydrogen) atoms. The second-order valence-electron chi connectivity index (χ2n) is 9.35. The molecule has 4 heteroatoms. The highest BCUT2D eigenvalue weighted by molar-refractivity contribution is 6.03. The average Bonchev–Trinajstić information content (AvgIpc) is 2.60. The quantitative estimate of drug-likeness (QED) is 0.354. The second-order valence-corrected chi connectivity index (χ2v) is 9.35. The minimum atomic E-state index is -0.460. The second kappa shape index (κ2) is 11.2. The van der Waals surface area contributed by atoms with E-state index >= 15 is 0 Å². The Balaban J connectivity index is 2.92. The topological polar surface area (TPSA) is 52.6 Å². The van der Waals surface area contributed by atoms with Crippen molar-refractivity contribution in [2.75, 3.05) is 13.2 Å². The molecule has 0 amide bonds. The Morgan fingerprint density at radius 3 is 1.71 bits per heavy atom. The third-order valence-electron chi connectivity index (χ3n) is 4.64. The van der Waals surface area contributed by atoms with E-state index in [1.54, 1.807) is 12.1 Å². The van der Waals surface area contributed by atoms with E-state index in [1.807, 2.05) is 6.07 Å². The summed E-state index contributed by atoms with van der Waals surface area (Å²) in [6.45, 7) is 15.5. The third kappa shape index (κ3) is 8.45. The molecule has 0 aliphatic rings. The Hall–Kier alpha value is -1.84. The molecule has 0 atom stereocenters. The van der Waals surface area contributed by atoms with Gasteiger partial charge in [-0.1, -0.05) is 54.5 Å². The van der Waals surface area contributed by atoms with Gasteiger partial charge in [0.1, 0.15) is 0 Å². The lowest BCUT2D eigenvalue weighted by Crippen LogP contribution is -2.18. The zero-order chi connectivity index (χ0) is 21.3. The van der Waals surface area contributed by atoms with Gasteiger partial charge in [-0.2, -0.15) is 0 Å². The number of rotatable bonds is 10. The molecular weight excluding hydrogens is 352 g/mol. The van der Waals surface area contributed by atoms with E-state index < -0.39 is 11.9 Å². The van der Waals surface area contributed by atoms with Crippen LogP contribution >= 0.6 is 0 Å². The Labute approximate surface area is 171 Å². The van der Waals surface area contributed by atoms with Gasteiger partial charge in [0, 0.05) is 0 Å². The molecule has 1 aromatic rings. The predicted octanol–water partition coefficient (Wildman–Crippen LogP) is 6.17. The first kappa shape index (κ1) is 24.2. The fourth-order valence-corrected chi connectivity index (χ4v) is 2.83. The van der Waals surface area contributed by atoms with Crippen LogP contribution in [0.15, 0.2) is 18.2 Å². The van der Waals surface area contributed by atoms with Gasteiger partial charge in [-0.15, -0.1) is 0 Å². The molecular formula is C24H38O4. The molecule has 0 N–H and O–H groups in total. The van der Waals surface area contributed by atoms with Gasteiger partial charge in [0.15, 0.2) is 0 Å². The van der Waals surface area contributed by atoms with Crippen molar-refractivity contribution in [1.82, 2.24) is 0 Å². The molecule has 0 spiro atoms. The van der Waals surface area contributed by atoms with Crippen LogP contribution in [-0.2, 0) is 14.9 Å². The lowest BCUT2D eigenvalue weighted by molar-refractivity contribution is 0.0447. The van der Waals surface area contributed by atoms with E-state index in [2.05, 4.69) is 48.5 Å². The summed E-state index contributed by atoms with van der Waals surface area (Å²) in [6.07, 6.45) is 3.64. The molecule has 0 aliphatic heterocycles. The summed E-state index contributed by atoms with van der Waals surface area (Å²) < 4.78 is 10.9. The van der Waals surface area contributed by atoms with Gasteiger partial charge in [0.25, 0.3) is 0 Å². The maximum atomic E-state index is 12.7. The van der Waals surface area contributed by atoms with E-state index in [4.69, 9.17) is 9.47 Å². The highest BCUT2D eigenvalue weighted by Gasteiger charge is 2.23. The van der Waals surface area contributed by atoms with Crippen molar-refractivity contribution in [2.45, 2.75) is 79.6 Å². The number of hydrogen-bond donors (Lipinski definition) is 0. The molecule has 0 aromatic heterocycles. The van der Waals surface area contributed by atoms with Gasteiger partial charge in [-0.3, -0.25) is 0 Å². The van der Waals surface area contributed by atoms with E-state index in [0.29, 0.717) is 30.6 Å². The highest BCUT2D eigenvalue weighted by atomic mass is 16.5. The number of carbonyl (C=O) groups is 2. The predicted molar refractivity (Wildman–Crippen MR) is 114 cm³/mol. The van der Waals surface area contributed by atoms with Gasteiger partial charge in [-0.05, 0) is 60.6 Å². The van der Waals surface area contributed by atoms with Gasteiger partial charge in [0.2, 0.25) is 0 Å². The largest absolute Gasteiger partial charge is 0.462 e. The summed E-state index contributed by atoms with van der Waals surface area (Å²) >= 11 is 0. The fourth-order valence-electron chi connectivity index (χ4n) is 2.83. The Morgan fingerprint density at radius 1 is 0.821 bits per heavy atom. The van der Waals surface area contributed by atoms with Crippen LogP contribution in [0.2, 0.25) is 0 Å². The van der Waals surface area contributed by atoms with Crippen molar-refractivity contribution in [2.24, 2.45) is 11.8 Å². The van der Waals surface area contributed by atoms with Crippen LogP contribution in [-0.4, -0.2) is 25.2 Å². The van der Waals surface area contributed by atoms with Crippen LogP contribution in [0.25, 0.3) is 0 Å². The van der Waals surface area contributed by atoms with Crippen molar-refractivity contribution < 1.29 is 19.1 Å². The lowest BCUT2D eigenvalue weighted by Gasteiger charge is -2.21. The van der Waals surface area contributed by atoms with Crippen molar-refractivity contribution in [3.05, 3.63) is 34.9 Å². The van der Waals surface area contributed by atoms with Gasteiger partial charge in [-0.25, -0.2) is 9.59 Å². The molecule has 1 rings (SSSR count). The summed E-state index contributed by atoms with van der Waals surface area (Å²) in [5, 5.41) is 0. The Bertz CT molecular complexity index is 638. The fraction of sp³-hybridized carbons (Fsp3) is 0.667. The van der Waals surface area contributed by atoms with Gasteiger partial charge in [0.05, 0.1) is 24.3 Å². The molecule has 0 saturated carbocycles. The first-order valence-corrected chi connectivity index (χ1v) is 10.5. The molecule has 0 fully saturated rings. The summed E-state index contributed by atoms with van der Waals surface area (Å²) in [5.74, 6) is 0.225. The van der Waals surface area contributed by atoms with Crippen molar-refractivity contribution in [3.63, 3.8) is 0 Å². The first-order chi connectivity index (χ1) is 13.0. The van der Waals surface area contributed by atoms with Crippen molar-refractivity contribution in [3.8, 4) is 0 Å². The van der Waals surface area contributed by atoms with E-state index in [0.717, 1.165) is 31.2 Å². The molecule has 0 unspecified atom stereocenters. The average molecular weight is 391 g/mol. The minimum Gasteiger partial charge on any atom is -0.462 e. The van der Waals surface area contributed by atoms with Crippen LogP contribution < -0.4 is 0 Å². The molecule has 4 nitrogen and oxygen atoms in total. The Morgan fingerprint density at radius 2 is 1.29 bits per heavy atom. The van der Waals surface area contributed by atoms with E-state index in [9.17, 15) is 9.59 Å². The third-order valence-corrected chi connectivity index (χ3v) is 4.64. The van der Waals surface area contributed by atoms with E-state index in [-0.39, 0.29) is 11.0 Å².